The van der Waals surface area contributed by atoms with E-state index in [0.717, 1.165) is 49.7 Å². The Bertz CT molecular complexity index is 847. The SMILES string of the molecule is CCCCCNC(=O)C(c1cccc(C)c1)N(CCCCC)C(=O)C(CC(C)C)NC(=O)OC(C)(C)C. The number of carbonyl (C=O) groups is 3. The van der Waals surface area contributed by atoms with Gasteiger partial charge in [0, 0.05) is 13.1 Å². The summed E-state index contributed by atoms with van der Waals surface area (Å²) in [6.45, 7) is 16.6. The topological polar surface area (TPSA) is 87.7 Å². The molecule has 0 bridgehead atoms. The number of nitrogens with zero attached hydrogens (tertiary/aromatic N) is 1. The molecular weight excluding hydrogens is 466 g/mol. The number of amides is 3. The van der Waals surface area contributed by atoms with Gasteiger partial charge >= 0.3 is 6.09 Å². The van der Waals surface area contributed by atoms with Crippen molar-refractivity contribution in [1.82, 2.24) is 15.5 Å². The van der Waals surface area contributed by atoms with Crippen molar-refractivity contribution in [3.05, 3.63) is 35.4 Å². The Morgan fingerprint density at radius 2 is 1.65 bits per heavy atom. The molecule has 0 saturated heterocycles. The van der Waals surface area contributed by atoms with Gasteiger partial charge in [0.1, 0.15) is 17.7 Å². The minimum absolute atomic E-state index is 0.154. The van der Waals surface area contributed by atoms with Crippen LogP contribution in [0.15, 0.2) is 24.3 Å². The zero-order valence-corrected chi connectivity index (χ0v) is 24.5. The highest BCUT2D eigenvalue weighted by Gasteiger charge is 2.36. The van der Waals surface area contributed by atoms with Gasteiger partial charge in [0.15, 0.2) is 0 Å². The summed E-state index contributed by atoms with van der Waals surface area (Å²) in [4.78, 5) is 42.1. The molecule has 0 spiro atoms. The van der Waals surface area contributed by atoms with E-state index in [0.29, 0.717) is 19.5 Å². The number of aryl methyl sites for hydroxylation is 1. The van der Waals surface area contributed by atoms with Crippen molar-refractivity contribution in [2.75, 3.05) is 13.1 Å². The number of alkyl carbamates (subject to hydrolysis) is 1. The molecule has 0 fully saturated rings. The Kier molecular flexibility index (Phi) is 14.3. The van der Waals surface area contributed by atoms with E-state index < -0.39 is 23.8 Å². The zero-order valence-electron chi connectivity index (χ0n) is 24.5. The molecule has 37 heavy (non-hydrogen) atoms. The fourth-order valence-electron chi connectivity index (χ4n) is 4.24. The van der Waals surface area contributed by atoms with Gasteiger partial charge in [0.25, 0.3) is 0 Å². The first-order valence-electron chi connectivity index (χ1n) is 14.0. The highest BCUT2D eigenvalue weighted by Crippen LogP contribution is 2.25. The summed E-state index contributed by atoms with van der Waals surface area (Å²) in [5.74, 6) is -0.292. The third-order valence-electron chi connectivity index (χ3n) is 5.98. The number of ether oxygens (including phenoxy) is 1. The summed E-state index contributed by atoms with van der Waals surface area (Å²) in [6.07, 6.45) is 5.51. The van der Waals surface area contributed by atoms with Gasteiger partial charge in [-0.3, -0.25) is 9.59 Å². The van der Waals surface area contributed by atoms with Crippen molar-refractivity contribution in [2.45, 2.75) is 118 Å². The molecule has 2 N–H and O–H groups in total. The molecule has 3 amide bonds. The van der Waals surface area contributed by atoms with Crippen LogP contribution in [-0.2, 0) is 14.3 Å². The van der Waals surface area contributed by atoms with Crippen LogP contribution in [0.25, 0.3) is 0 Å². The second-order valence-corrected chi connectivity index (χ2v) is 11.4. The van der Waals surface area contributed by atoms with Gasteiger partial charge in [-0.15, -0.1) is 0 Å². The largest absolute Gasteiger partial charge is 0.444 e. The molecule has 1 aromatic carbocycles. The van der Waals surface area contributed by atoms with E-state index in [9.17, 15) is 14.4 Å². The molecule has 2 unspecified atom stereocenters. The summed E-state index contributed by atoms with van der Waals surface area (Å²) in [5, 5.41) is 5.88. The Labute approximate surface area is 225 Å². The molecule has 7 nitrogen and oxygen atoms in total. The van der Waals surface area contributed by atoms with Gasteiger partial charge in [0.2, 0.25) is 11.8 Å². The summed E-state index contributed by atoms with van der Waals surface area (Å²) in [6, 6.07) is 6.20. The molecule has 2 atom stereocenters. The van der Waals surface area contributed by atoms with Crippen LogP contribution >= 0.6 is 0 Å². The molecule has 0 heterocycles. The van der Waals surface area contributed by atoms with Crippen molar-refractivity contribution in [1.29, 1.82) is 0 Å². The number of hydrogen-bond donors (Lipinski definition) is 2. The van der Waals surface area contributed by atoms with Crippen LogP contribution in [0.4, 0.5) is 4.79 Å². The van der Waals surface area contributed by atoms with E-state index in [1.807, 2.05) is 45.0 Å². The van der Waals surface area contributed by atoms with Gasteiger partial charge < -0.3 is 20.3 Å². The third-order valence-corrected chi connectivity index (χ3v) is 5.98. The second-order valence-electron chi connectivity index (χ2n) is 11.4. The van der Waals surface area contributed by atoms with Crippen LogP contribution in [0.1, 0.15) is 111 Å². The van der Waals surface area contributed by atoms with Crippen molar-refractivity contribution < 1.29 is 19.1 Å². The lowest BCUT2D eigenvalue weighted by Gasteiger charge is -2.35. The first kappa shape index (κ1) is 32.5. The van der Waals surface area contributed by atoms with Crippen molar-refractivity contribution in [3.63, 3.8) is 0 Å². The van der Waals surface area contributed by atoms with Crippen molar-refractivity contribution in [3.8, 4) is 0 Å². The maximum atomic E-state index is 14.1. The molecule has 210 valence electrons. The highest BCUT2D eigenvalue weighted by molar-refractivity contribution is 5.92. The van der Waals surface area contributed by atoms with Gasteiger partial charge in [-0.1, -0.05) is 83.2 Å². The summed E-state index contributed by atoms with van der Waals surface area (Å²) >= 11 is 0. The number of carbonyl (C=O) groups excluding carboxylic acids is 3. The molecule has 1 aromatic rings. The van der Waals surface area contributed by atoms with Crippen LogP contribution in [0.3, 0.4) is 0 Å². The van der Waals surface area contributed by atoms with E-state index in [2.05, 4.69) is 24.5 Å². The molecule has 1 rings (SSSR count). The fraction of sp³-hybridized carbons (Fsp3) is 0.700. The van der Waals surface area contributed by atoms with Gasteiger partial charge in [-0.05, 0) is 58.4 Å². The van der Waals surface area contributed by atoms with E-state index in [-0.39, 0.29) is 17.7 Å². The quantitative estimate of drug-likeness (QED) is 0.267. The molecule has 0 saturated carbocycles. The van der Waals surface area contributed by atoms with Gasteiger partial charge in [-0.2, -0.15) is 0 Å². The average Bonchev–Trinajstić information content (AvgIpc) is 2.79. The Morgan fingerprint density at radius 3 is 2.22 bits per heavy atom. The Balaban J connectivity index is 3.41. The van der Waals surface area contributed by atoms with Gasteiger partial charge in [-0.25, -0.2) is 4.79 Å². The molecule has 0 aliphatic carbocycles. The average molecular weight is 518 g/mol. The third kappa shape index (κ3) is 12.5. The lowest BCUT2D eigenvalue weighted by Crippen LogP contribution is -2.53. The van der Waals surface area contributed by atoms with Crippen LogP contribution in [-0.4, -0.2) is 47.5 Å². The first-order valence-corrected chi connectivity index (χ1v) is 14.0. The Hall–Kier alpha value is -2.57. The standard InChI is InChI=1S/C30H51N3O4/c1-9-11-13-18-31-27(34)26(24-17-15-16-23(5)21-24)33(19-14-12-10-2)28(35)25(20-22(3)4)32-29(36)37-30(6,7)8/h15-17,21-22,25-26H,9-14,18-20H2,1-8H3,(H,31,34)(H,32,36). The molecule has 0 aromatic heterocycles. The highest BCUT2D eigenvalue weighted by atomic mass is 16.6. The molecule has 0 aliphatic heterocycles. The van der Waals surface area contributed by atoms with E-state index in [4.69, 9.17) is 4.74 Å². The number of unbranched alkanes of at least 4 members (excludes halogenated alkanes) is 4. The molecular formula is C30H51N3O4. The zero-order chi connectivity index (χ0) is 28.0. The van der Waals surface area contributed by atoms with Crippen molar-refractivity contribution in [2.24, 2.45) is 5.92 Å². The van der Waals surface area contributed by atoms with Crippen molar-refractivity contribution >= 4 is 17.9 Å². The number of benzene rings is 1. The summed E-state index contributed by atoms with van der Waals surface area (Å²) in [5.41, 5.74) is 1.12. The minimum atomic E-state index is -0.795. The second kappa shape index (κ2) is 16.3. The first-order chi connectivity index (χ1) is 17.4. The Morgan fingerprint density at radius 1 is 1.00 bits per heavy atom. The van der Waals surface area contributed by atoms with Crippen LogP contribution in [0, 0.1) is 12.8 Å². The lowest BCUT2D eigenvalue weighted by atomic mass is 9.98. The predicted octanol–water partition coefficient (Wildman–Crippen LogP) is 6.30. The van der Waals surface area contributed by atoms with Crippen LogP contribution in [0.2, 0.25) is 0 Å². The van der Waals surface area contributed by atoms with E-state index in [1.54, 1.807) is 25.7 Å². The number of rotatable bonds is 15. The number of hydrogen-bond acceptors (Lipinski definition) is 4. The molecule has 7 heteroatoms. The normalized spacial score (nSPS) is 13.1. The maximum absolute atomic E-state index is 14.1. The smallest absolute Gasteiger partial charge is 0.408 e. The predicted molar refractivity (Wildman–Crippen MR) is 150 cm³/mol. The van der Waals surface area contributed by atoms with Crippen LogP contribution < -0.4 is 10.6 Å². The van der Waals surface area contributed by atoms with Gasteiger partial charge in [0.05, 0.1) is 0 Å². The molecule has 0 radical (unpaired) electrons. The maximum Gasteiger partial charge on any atom is 0.408 e. The number of nitrogens with one attached hydrogen (secondary N) is 2. The van der Waals surface area contributed by atoms with E-state index >= 15 is 0 Å². The fourth-order valence-corrected chi connectivity index (χ4v) is 4.24. The summed E-state index contributed by atoms with van der Waals surface area (Å²) < 4.78 is 5.46. The monoisotopic (exact) mass is 517 g/mol. The van der Waals surface area contributed by atoms with Crippen LogP contribution in [0.5, 0.6) is 0 Å². The van der Waals surface area contributed by atoms with E-state index in [1.165, 1.54) is 0 Å². The lowest BCUT2D eigenvalue weighted by molar-refractivity contribution is -0.143. The summed E-state index contributed by atoms with van der Waals surface area (Å²) in [7, 11) is 0. The molecule has 0 aliphatic rings. The minimum Gasteiger partial charge on any atom is -0.444 e.